The first kappa shape index (κ1) is 20.2. The molecule has 0 saturated carbocycles. The molecule has 0 aliphatic carbocycles. The van der Waals surface area contributed by atoms with E-state index in [1.165, 1.54) is 0 Å². The van der Waals surface area contributed by atoms with Crippen molar-refractivity contribution in [2.75, 3.05) is 0 Å². The summed E-state index contributed by atoms with van der Waals surface area (Å²) in [7, 11) is 0. The number of rotatable bonds is 5. The second kappa shape index (κ2) is 8.06. The Bertz CT molecular complexity index is 1300. The minimum Gasteiger partial charge on any atom is -0.296 e. The van der Waals surface area contributed by atoms with E-state index in [4.69, 9.17) is 16.7 Å². The highest BCUT2D eigenvalue weighted by Crippen LogP contribution is 2.43. The van der Waals surface area contributed by atoms with Crippen LogP contribution in [0, 0.1) is 6.92 Å². The first-order valence-electron chi connectivity index (χ1n) is 10.3. The summed E-state index contributed by atoms with van der Waals surface area (Å²) in [6.07, 6.45) is 0.785. The topological polar surface area (TPSA) is 47.8 Å². The van der Waals surface area contributed by atoms with Crippen LogP contribution in [0.4, 0.5) is 0 Å². The fraction of sp³-hybridized carbons (Fsp3) is 0.0741. The molecule has 4 nitrogen and oxygen atoms in total. The maximum absolute atomic E-state index is 12.1. The molecule has 5 rings (SSSR count). The summed E-state index contributed by atoms with van der Waals surface area (Å²) in [6.45, 7) is 1.85. The Morgan fingerprint density at radius 2 is 1.28 bits per heavy atom. The Hall–Kier alpha value is -3.76. The average molecular weight is 438 g/mol. The van der Waals surface area contributed by atoms with Crippen molar-refractivity contribution in [1.29, 1.82) is 0 Å². The van der Waals surface area contributed by atoms with Crippen LogP contribution in [0.2, 0.25) is 5.15 Å². The molecule has 0 aliphatic rings. The Morgan fingerprint density at radius 1 is 0.812 bits per heavy atom. The van der Waals surface area contributed by atoms with Crippen molar-refractivity contribution >= 4 is 28.8 Å². The molecular formula is C27H20ClN3O. The lowest BCUT2D eigenvalue weighted by Gasteiger charge is -2.37. The Kier molecular flexibility index (Phi) is 5.08. The fourth-order valence-corrected chi connectivity index (χ4v) is 4.79. The molecule has 32 heavy (non-hydrogen) atoms. The van der Waals surface area contributed by atoms with Gasteiger partial charge in [-0.1, -0.05) is 103 Å². The number of aldehydes is 1. The van der Waals surface area contributed by atoms with E-state index in [0.717, 1.165) is 28.5 Å². The van der Waals surface area contributed by atoms with Crippen LogP contribution in [-0.2, 0) is 5.54 Å². The third kappa shape index (κ3) is 3.03. The van der Waals surface area contributed by atoms with Crippen molar-refractivity contribution in [1.82, 2.24) is 14.8 Å². The van der Waals surface area contributed by atoms with Gasteiger partial charge in [0.25, 0.3) is 0 Å². The number of hydrogen-bond donors (Lipinski definition) is 0. The number of benzene rings is 3. The van der Waals surface area contributed by atoms with E-state index in [1.807, 2.05) is 66.2 Å². The van der Waals surface area contributed by atoms with Crippen molar-refractivity contribution in [3.05, 3.63) is 130 Å². The highest BCUT2D eigenvalue weighted by atomic mass is 35.5. The zero-order chi connectivity index (χ0) is 22.1. The Balaban J connectivity index is 2.03. The molecule has 0 bridgehead atoms. The first-order valence-corrected chi connectivity index (χ1v) is 10.7. The van der Waals surface area contributed by atoms with Gasteiger partial charge in [-0.25, -0.2) is 9.67 Å². The van der Waals surface area contributed by atoms with Gasteiger partial charge < -0.3 is 0 Å². The van der Waals surface area contributed by atoms with Gasteiger partial charge in [-0.15, -0.1) is 0 Å². The van der Waals surface area contributed by atoms with E-state index < -0.39 is 5.54 Å². The van der Waals surface area contributed by atoms with E-state index in [1.54, 1.807) is 6.07 Å². The van der Waals surface area contributed by atoms with Crippen LogP contribution in [0.15, 0.2) is 97.1 Å². The molecule has 0 unspecified atom stereocenters. The van der Waals surface area contributed by atoms with Crippen LogP contribution in [0.5, 0.6) is 0 Å². The van der Waals surface area contributed by atoms with Gasteiger partial charge in [0.05, 0.1) is 16.6 Å². The summed E-state index contributed by atoms with van der Waals surface area (Å²) in [5.74, 6) is 0. The normalized spacial score (nSPS) is 11.6. The molecule has 2 heterocycles. The molecule has 156 valence electrons. The smallest absolute Gasteiger partial charge is 0.171 e. The van der Waals surface area contributed by atoms with Crippen LogP contribution in [0.1, 0.15) is 32.9 Å². The standard InChI is InChI=1S/C27H20ClN3O/c1-19-26-23(18-32)30-31(24(26)17-25(28)29-19)27(20-11-5-2-6-12-20,21-13-7-3-8-14-21)22-15-9-4-10-16-22/h2-18H,1H3. The van der Waals surface area contributed by atoms with Gasteiger partial charge in [-0.05, 0) is 23.6 Å². The highest BCUT2D eigenvalue weighted by molar-refractivity contribution is 6.30. The number of pyridine rings is 1. The van der Waals surface area contributed by atoms with Gasteiger partial charge in [-0.3, -0.25) is 4.79 Å². The minimum atomic E-state index is -0.833. The van der Waals surface area contributed by atoms with Gasteiger partial charge in [0.2, 0.25) is 0 Å². The Labute approximate surface area is 191 Å². The van der Waals surface area contributed by atoms with Crippen molar-refractivity contribution in [2.24, 2.45) is 0 Å². The highest BCUT2D eigenvalue weighted by Gasteiger charge is 2.41. The first-order chi connectivity index (χ1) is 15.7. The SMILES string of the molecule is Cc1nc(Cl)cc2c1c(C=O)nn2C(c1ccccc1)(c1ccccc1)c1ccccc1. The van der Waals surface area contributed by atoms with Crippen molar-refractivity contribution in [3.8, 4) is 0 Å². The number of carbonyl (C=O) groups excluding carboxylic acids is 1. The van der Waals surface area contributed by atoms with E-state index in [2.05, 4.69) is 41.4 Å². The molecule has 5 heteroatoms. The molecule has 0 saturated heterocycles. The summed E-state index contributed by atoms with van der Waals surface area (Å²) in [6, 6.07) is 32.4. The Morgan fingerprint density at radius 3 is 1.72 bits per heavy atom. The molecule has 2 aromatic heterocycles. The third-order valence-electron chi connectivity index (χ3n) is 5.84. The number of nitrogens with zero attached hydrogens (tertiary/aromatic N) is 3. The molecule has 5 aromatic rings. The number of aromatic nitrogens is 3. The van der Waals surface area contributed by atoms with Crippen LogP contribution < -0.4 is 0 Å². The molecule has 3 aromatic carbocycles. The lowest BCUT2D eigenvalue weighted by atomic mass is 9.77. The predicted octanol–water partition coefficient (Wildman–Crippen LogP) is 6.05. The second-order valence-electron chi connectivity index (χ2n) is 7.65. The van der Waals surface area contributed by atoms with E-state index in [-0.39, 0.29) is 0 Å². The summed E-state index contributed by atoms with van der Waals surface area (Å²) in [5.41, 5.74) is 3.99. The van der Waals surface area contributed by atoms with Crippen molar-refractivity contribution < 1.29 is 4.79 Å². The molecule has 0 spiro atoms. The second-order valence-corrected chi connectivity index (χ2v) is 8.04. The number of fused-ring (bicyclic) bond motifs is 1. The van der Waals surface area contributed by atoms with Crippen LogP contribution in [0.25, 0.3) is 10.9 Å². The maximum Gasteiger partial charge on any atom is 0.171 e. The van der Waals surface area contributed by atoms with E-state index in [9.17, 15) is 4.79 Å². The lowest BCUT2D eigenvalue weighted by molar-refractivity contribution is 0.111. The molecule has 0 atom stereocenters. The minimum absolute atomic E-state index is 0.342. The molecule has 0 aliphatic heterocycles. The van der Waals surface area contributed by atoms with Crippen LogP contribution in [0.3, 0.4) is 0 Å². The van der Waals surface area contributed by atoms with Gasteiger partial charge >= 0.3 is 0 Å². The molecule has 0 N–H and O–H groups in total. The van der Waals surface area contributed by atoms with Crippen LogP contribution >= 0.6 is 11.6 Å². The zero-order valence-corrected chi connectivity index (χ0v) is 18.2. The number of hydrogen-bond acceptors (Lipinski definition) is 3. The average Bonchev–Trinajstić information content (AvgIpc) is 3.21. The fourth-order valence-electron chi connectivity index (χ4n) is 4.56. The van der Waals surface area contributed by atoms with Gasteiger partial charge in [0.15, 0.2) is 6.29 Å². The number of aryl methyl sites for hydroxylation is 1. The monoisotopic (exact) mass is 437 g/mol. The van der Waals surface area contributed by atoms with Gasteiger partial charge in [0.1, 0.15) is 16.4 Å². The maximum atomic E-state index is 12.1. The third-order valence-corrected chi connectivity index (χ3v) is 6.04. The predicted molar refractivity (Wildman–Crippen MR) is 127 cm³/mol. The summed E-state index contributed by atoms with van der Waals surface area (Å²) >= 11 is 6.40. The van der Waals surface area contributed by atoms with Crippen molar-refractivity contribution in [2.45, 2.75) is 12.5 Å². The quantitative estimate of drug-likeness (QED) is 0.191. The molecule has 0 fully saturated rings. The summed E-state index contributed by atoms with van der Waals surface area (Å²) in [4.78, 5) is 16.4. The molecule has 0 amide bonds. The van der Waals surface area contributed by atoms with E-state index >= 15 is 0 Å². The van der Waals surface area contributed by atoms with Crippen LogP contribution in [-0.4, -0.2) is 21.1 Å². The lowest BCUT2D eigenvalue weighted by Crippen LogP contribution is -2.38. The number of carbonyl (C=O) groups is 1. The number of halogens is 1. The largest absolute Gasteiger partial charge is 0.296 e. The van der Waals surface area contributed by atoms with Gasteiger partial charge in [0, 0.05) is 6.07 Å². The summed E-state index contributed by atoms with van der Waals surface area (Å²) in [5, 5.41) is 5.92. The van der Waals surface area contributed by atoms with Crippen molar-refractivity contribution in [3.63, 3.8) is 0 Å². The zero-order valence-electron chi connectivity index (χ0n) is 17.4. The van der Waals surface area contributed by atoms with Gasteiger partial charge in [-0.2, -0.15) is 5.10 Å². The molecular weight excluding hydrogens is 418 g/mol. The van der Waals surface area contributed by atoms with E-state index in [0.29, 0.717) is 21.9 Å². The molecule has 0 radical (unpaired) electrons. The summed E-state index contributed by atoms with van der Waals surface area (Å²) < 4.78 is 1.92.